The van der Waals surface area contributed by atoms with E-state index < -0.39 is 5.97 Å². The van der Waals surface area contributed by atoms with E-state index in [9.17, 15) is 9.90 Å². The molecule has 0 atom stereocenters. The zero-order valence-electron chi connectivity index (χ0n) is 10.4. The molecule has 18 heavy (non-hydrogen) atoms. The summed E-state index contributed by atoms with van der Waals surface area (Å²) in [6, 6.07) is 5.17. The van der Waals surface area contributed by atoms with Gasteiger partial charge in [0.25, 0.3) is 0 Å². The van der Waals surface area contributed by atoms with E-state index >= 15 is 0 Å². The highest BCUT2D eigenvalue weighted by Crippen LogP contribution is 2.47. The first-order valence-corrected chi connectivity index (χ1v) is 6.47. The normalized spacial score (nSPS) is 21.0. The van der Waals surface area contributed by atoms with E-state index in [2.05, 4.69) is 4.90 Å². The number of carboxylic acids is 1. The molecule has 4 heteroatoms. The molecule has 1 aromatic carbocycles. The summed E-state index contributed by atoms with van der Waals surface area (Å²) in [4.78, 5) is 13.4. The summed E-state index contributed by atoms with van der Waals surface area (Å²) in [5, 5.41) is 9.23. The Hall–Kier alpha value is -1.71. The molecule has 3 N–H and O–H groups in total. The molecule has 2 aliphatic rings. The minimum Gasteiger partial charge on any atom is -0.478 e. The summed E-state index contributed by atoms with van der Waals surface area (Å²) in [6.07, 6.45) is 5.23. The molecule has 0 aromatic heterocycles. The minimum atomic E-state index is -0.898. The summed E-state index contributed by atoms with van der Waals surface area (Å²) in [7, 11) is 0. The van der Waals surface area contributed by atoms with E-state index in [4.69, 9.17) is 5.73 Å². The Morgan fingerprint density at radius 1 is 1.28 bits per heavy atom. The van der Waals surface area contributed by atoms with Gasteiger partial charge in [-0.1, -0.05) is 12.8 Å². The third-order valence-corrected chi connectivity index (χ3v) is 4.31. The number of hydrogen-bond donors (Lipinski definition) is 2. The summed E-state index contributed by atoms with van der Waals surface area (Å²) in [6.45, 7) is 1.99. The quantitative estimate of drug-likeness (QED) is 0.786. The number of benzene rings is 1. The van der Waals surface area contributed by atoms with Gasteiger partial charge in [0.2, 0.25) is 0 Å². The van der Waals surface area contributed by atoms with Gasteiger partial charge in [-0.05, 0) is 31.0 Å². The molecule has 4 nitrogen and oxygen atoms in total. The second-order valence-electron chi connectivity index (χ2n) is 5.64. The number of nitrogens with zero attached hydrogens (tertiary/aromatic N) is 1. The van der Waals surface area contributed by atoms with Gasteiger partial charge in [-0.3, -0.25) is 0 Å². The smallest absolute Gasteiger partial charge is 0.337 e. The zero-order chi connectivity index (χ0) is 12.8. The Morgan fingerprint density at radius 2 is 1.94 bits per heavy atom. The van der Waals surface area contributed by atoms with Crippen molar-refractivity contribution >= 4 is 17.3 Å². The standard InChI is InChI=1S/C14H18N2O2/c15-10-3-4-12(11(7-10)13(17)18)16-8-14(9-16)5-1-2-6-14/h3-4,7H,1-2,5-6,8-9,15H2,(H,17,18). The van der Waals surface area contributed by atoms with Crippen LogP contribution in [0.1, 0.15) is 36.0 Å². The van der Waals surface area contributed by atoms with E-state index in [0.29, 0.717) is 16.7 Å². The second kappa shape index (κ2) is 3.90. The van der Waals surface area contributed by atoms with E-state index in [1.165, 1.54) is 25.7 Å². The van der Waals surface area contributed by atoms with Crippen molar-refractivity contribution < 1.29 is 9.90 Å². The molecule has 2 fully saturated rings. The van der Waals surface area contributed by atoms with Crippen LogP contribution in [0.3, 0.4) is 0 Å². The van der Waals surface area contributed by atoms with E-state index in [1.54, 1.807) is 12.1 Å². The SMILES string of the molecule is Nc1ccc(N2CC3(CCCC3)C2)c(C(=O)O)c1. The second-order valence-corrected chi connectivity index (χ2v) is 5.64. The zero-order valence-corrected chi connectivity index (χ0v) is 10.4. The van der Waals surface area contributed by atoms with Gasteiger partial charge in [0, 0.05) is 24.2 Å². The first-order valence-electron chi connectivity index (χ1n) is 6.47. The van der Waals surface area contributed by atoms with Crippen LogP contribution in [0.25, 0.3) is 0 Å². The Bertz CT molecular complexity index is 485. The fraction of sp³-hybridized carbons (Fsp3) is 0.500. The van der Waals surface area contributed by atoms with E-state index in [-0.39, 0.29) is 0 Å². The fourth-order valence-corrected chi connectivity index (χ4v) is 3.38. The van der Waals surface area contributed by atoms with Gasteiger partial charge in [0.05, 0.1) is 11.3 Å². The van der Waals surface area contributed by atoms with Crippen molar-refractivity contribution in [1.29, 1.82) is 0 Å². The van der Waals surface area contributed by atoms with Gasteiger partial charge in [0.15, 0.2) is 0 Å². The maximum Gasteiger partial charge on any atom is 0.337 e. The molecule has 0 amide bonds. The molecule has 1 heterocycles. The van der Waals surface area contributed by atoms with Crippen molar-refractivity contribution in [2.45, 2.75) is 25.7 Å². The minimum absolute atomic E-state index is 0.322. The molecular formula is C14H18N2O2. The average molecular weight is 246 g/mol. The number of carbonyl (C=O) groups is 1. The van der Waals surface area contributed by atoms with Gasteiger partial charge in [-0.25, -0.2) is 4.79 Å². The van der Waals surface area contributed by atoms with Crippen molar-refractivity contribution in [3.05, 3.63) is 23.8 Å². The predicted molar refractivity (Wildman–Crippen MR) is 70.9 cm³/mol. The molecule has 0 radical (unpaired) electrons. The third kappa shape index (κ3) is 1.72. The number of rotatable bonds is 2. The van der Waals surface area contributed by atoms with Crippen molar-refractivity contribution in [1.82, 2.24) is 0 Å². The molecule has 1 saturated carbocycles. The van der Waals surface area contributed by atoms with E-state index in [0.717, 1.165) is 18.8 Å². The van der Waals surface area contributed by atoms with Crippen LogP contribution >= 0.6 is 0 Å². The fourth-order valence-electron chi connectivity index (χ4n) is 3.38. The Balaban J connectivity index is 1.83. The van der Waals surface area contributed by atoms with Gasteiger partial charge in [-0.15, -0.1) is 0 Å². The van der Waals surface area contributed by atoms with Crippen LogP contribution in [0.5, 0.6) is 0 Å². The molecule has 1 aliphatic heterocycles. The lowest BCUT2D eigenvalue weighted by Crippen LogP contribution is -2.55. The summed E-state index contributed by atoms with van der Waals surface area (Å²) >= 11 is 0. The number of anilines is 2. The average Bonchev–Trinajstić information content (AvgIpc) is 2.76. The first kappa shape index (κ1) is 11.4. The number of nitrogens with two attached hydrogens (primary N) is 1. The molecule has 1 spiro atoms. The topological polar surface area (TPSA) is 66.6 Å². The van der Waals surface area contributed by atoms with E-state index in [1.807, 2.05) is 6.07 Å². The van der Waals surface area contributed by atoms with Gasteiger partial charge < -0.3 is 15.7 Å². The molecular weight excluding hydrogens is 228 g/mol. The molecule has 0 unspecified atom stereocenters. The number of nitrogen functional groups attached to an aromatic ring is 1. The molecule has 1 saturated heterocycles. The largest absolute Gasteiger partial charge is 0.478 e. The van der Waals surface area contributed by atoms with Crippen molar-refractivity contribution in [2.75, 3.05) is 23.7 Å². The molecule has 3 rings (SSSR count). The number of carboxylic acid groups (broad SMARTS) is 1. The Morgan fingerprint density at radius 3 is 2.56 bits per heavy atom. The number of aromatic carboxylic acids is 1. The first-order chi connectivity index (χ1) is 8.60. The highest BCUT2D eigenvalue weighted by Gasteiger charge is 2.45. The van der Waals surface area contributed by atoms with Crippen LogP contribution in [0, 0.1) is 5.41 Å². The maximum absolute atomic E-state index is 11.2. The molecule has 0 bridgehead atoms. The lowest BCUT2D eigenvalue weighted by atomic mass is 9.78. The molecule has 1 aliphatic carbocycles. The lowest BCUT2D eigenvalue weighted by molar-refractivity contribution is 0.0696. The highest BCUT2D eigenvalue weighted by molar-refractivity contribution is 5.95. The van der Waals surface area contributed by atoms with Crippen molar-refractivity contribution in [2.24, 2.45) is 5.41 Å². The van der Waals surface area contributed by atoms with Crippen LogP contribution in [0.2, 0.25) is 0 Å². The Kier molecular flexibility index (Phi) is 2.47. The van der Waals surface area contributed by atoms with Crippen LogP contribution in [0.15, 0.2) is 18.2 Å². The van der Waals surface area contributed by atoms with Gasteiger partial charge >= 0.3 is 5.97 Å². The maximum atomic E-state index is 11.2. The number of hydrogen-bond acceptors (Lipinski definition) is 3. The van der Waals surface area contributed by atoms with Crippen molar-refractivity contribution in [3.8, 4) is 0 Å². The molecule has 1 aromatic rings. The van der Waals surface area contributed by atoms with Crippen LogP contribution < -0.4 is 10.6 Å². The highest BCUT2D eigenvalue weighted by atomic mass is 16.4. The third-order valence-electron chi connectivity index (χ3n) is 4.31. The van der Waals surface area contributed by atoms with Crippen LogP contribution in [-0.2, 0) is 0 Å². The molecule has 96 valence electrons. The monoisotopic (exact) mass is 246 g/mol. The summed E-state index contributed by atoms with van der Waals surface area (Å²) < 4.78 is 0. The van der Waals surface area contributed by atoms with Crippen LogP contribution in [-0.4, -0.2) is 24.2 Å². The van der Waals surface area contributed by atoms with Crippen molar-refractivity contribution in [3.63, 3.8) is 0 Å². The van der Waals surface area contributed by atoms with Crippen LogP contribution in [0.4, 0.5) is 11.4 Å². The van der Waals surface area contributed by atoms with Gasteiger partial charge in [-0.2, -0.15) is 0 Å². The predicted octanol–water partition coefficient (Wildman–Crippen LogP) is 2.35. The summed E-state index contributed by atoms with van der Waals surface area (Å²) in [5.41, 5.74) is 7.77. The Labute approximate surface area is 106 Å². The lowest BCUT2D eigenvalue weighted by Gasteiger charge is -2.50. The van der Waals surface area contributed by atoms with Gasteiger partial charge in [0.1, 0.15) is 0 Å². The summed E-state index contributed by atoms with van der Waals surface area (Å²) in [5.74, 6) is -0.898.